The van der Waals surface area contributed by atoms with E-state index in [1.807, 2.05) is 13.0 Å². The van der Waals surface area contributed by atoms with Crippen LogP contribution in [0.2, 0.25) is 0 Å². The summed E-state index contributed by atoms with van der Waals surface area (Å²) in [7, 11) is 1.28. The highest BCUT2D eigenvalue weighted by Crippen LogP contribution is 2.46. The maximum Gasteiger partial charge on any atom is 0.341 e. The summed E-state index contributed by atoms with van der Waals surface area (Å²) in [6.07, 6.45) is 4.30. The lowest BCUT2D eigenvalue weighted by atomic mass is 9.96. The van der Waals surface area contributed by atoms with Crippen LogP contribution in [-0.4, -0.2) is 47.4 Å². The summed E-state index contributed by atoms with van der Waals surface area (Å²) in [4.78, 5) is 21.0. The third-order valence-electron chi connectivity index (χ3n) is 5.63. The molecule has 162 valence electrons. The van der Waals surface area contributed by atoms with E-state index in [0.717, 1.165) is 18.4 Å². The van der Waals surface area contributed by atoms with Crippen LogP contribution in [0.3, 0.4) is 0 Å². The first-order chi connectivity index (χ1) is 15.0. The number of rotatable bonds is 6. The number of hydrogen-bond donors (Lipinski definition) is 3. The molecule has 1 saturated carbocycles. The van der Waals surface area contributed by atoms with E-state index in [0.29, 0.717) is 42.7 Å². The Kier molecular flexibility index (Phi) is 5.91. The molecule has 2 heterocycles. The molecule has 1 unspecified atom stereocenters. The normalized spacial score (nSPS) is 20.5. The number of phenolic OH excluding ortho intramolecular Hbond substituents is 1. The number of phenols is 1. The van der Waals surface area contributed by atoms with E-state index in [4.69, 9.17) is 9.47 Å². The van der Waals surface area contributed by atoms with Crippen molar-refractivity contribution in [2.75, 3.05) is 31.0 Å². The fourth-order valence-electron chi connectivity index (χ4n) is 3.69. The van der Waals surface area contributed by atoms with E-state index in [-0.39, 0.29) is 29.2 Å². The van der Waals surface area contributed by atoms with Crippen molar-refractivity contribution in [3.8, 4) is 11.8 Å². The quantitative estimate of drug-likeness (QED) is 0.473. The number of nitrogens with one attached hydrogen (secondary N) is 2. The van der Waals surface area contributed by atoms with Gasteiger partial charge >= 0.3 is 5.97 Å². The van der Waals surface area contributed by atoms with Gasteiger partial charge in [0.15, 0.2) is 0 Å². The molecule has 2 atom stereocenters. The Morgan fingerprint density at radius 1 is 1.35 bits per heavy atom. The van der Waals surface area contributed by atoms with Crippen LogP contribution in [0.25, 0.3) is 0 Å². The highest BCUT2D eigenvalue weighted by Gasteiger charge is 2.30. The molecule has 1 aliphatic carbocycles. The van der Waals surface area contributed by atoms with Gasteiger partial charge in [-0.05, 0) is 49.8 Å². The van der Waals surface area contributed by atoms with Gasteiger partial charge in [-0.3, -0.25) is 0 Å². The predicted molar refractivity (Wildman–Crippen MR) is 113 cm³/mol. The summed E-state index contributed by atoms with van der Waals surface area (Å²) in [5.41, 5.74) is 2.25. The van der Waals surface area contributed by atoms with Crippen LogP contribution in [0, 0.1) is 24.2 Å². The number of nitriles is 1. The van der Waals surface area contributed by atoms with Crippen LogP contribution >= 0.6 is 0 Å². The van der Waals surface area contributed by atoms with E-state index in [1.54, 1.807) is 6.20 Å². The van der Waals surface area contributed by atoms with Gasteiger partial charge in [0.1, 0.15) is 17.1 Å². The van der Waals surface area contributed by atoms with Gasteiger partial charge in [0.2, 0.25) is 5.95 Å². The lowest BCUT2D eigenvalue weighted by Crippen LogP contribution is -2.38. The van der Waals surface area contributed by atoms with Gasteiger partial charge in [0.25, 0.3) is 0 Å². The van der Waals surface area contributed by atoms with Crippen LogP contribution < -0.4 is 10.6 Å². The van der Waals surface area contributed by atoms with Gasteiger partial charge < -0.3 is 25.2 Å². The van der Waals surface area contributed by atoms with E-state index in [9.17, 15) is 15.2 Å². The Morgan fingerprint density at radius 2 is 2.16 bits per heavy atom. The average Bonchev–Trinajstić information content (AvgIpc) is 3.62. The minimum Gasteiger partial charge on any atom is -0.507 e. The summed E-state index contributed by atoms with van der Waals surface area (Å²) in [6, 6.07) is 5.53. The summed E-state index contributed by atoms with van der Waals surface area (Å²) < 4.78 is 10.3. The number of methoxy groups -OCH3 is 1. The maximum atomic E-state index is 12.1. The predicted octanol–water partition coefficient (Wildman–Crippen LogP) is 3.24. The van der Waals surface area contributed by atoms with E-state index in [2.05, 4.69) is 26.7 Å². The number of nitrogens with zero attached hydrogens (tertiary/aromatic N) is 3. The molecule has 1 saturated heterocycles. The van der Waals surface area contributed by atoms with Gasteiger partial charge in [-0.15, -0.1) is 0 Å². The molecule has 2 fully saturated rings. The SMILES string of the molecule is COC(=O)c1cc(Nc2ncc(C)c(N[C@H]3COCCC3C#N)n2)cc(C2CC2)c1O. The van der Waals surface area contributed by atoms with Crippen molar-refractivity contribution in [2.45, 2.75) is 38.1 Å². The third kappa shape index (κ3) is 4.54. The Morgan fingerprint density at radius 3 is 2.87 bits per heavy atom. The van der Waals surface area contributed by atoms with Crippen molar-refractivity contribution < 1.29 is 19.4 Å². The lowest BCUT2D eigenvalue weighted by Gasteiger charge is -2.28. The maximum absolute atomic E-state index is 12.1. The van der Waals surface area contributed by atoms with Crippen molar-refractivity contribution in [2.24, 2.45) is 5.92 Å². The number of benzene rings is 1. The van der Waals surface area contributed by atoms with E-state index in [1.165, 1.54) is 13.2 Å². The highest BCUT2D eigenvalue weighted by atomic mass is 16.5. The fourth-order valence-corrected chi connectivity index (χ4v) is 3.69. The van der Waals surface area contributed by atoms with Crippen LogP contribution in [0.5, 0.6) is 5.75 Å². The molecule has 9 heteroatoms. The first kappa shape index (κ1) is 20.9. The number of aryl methyl sites for hydroxylation is 1. The monoisotopic (exact) mass is 423 g/mol. The molecule has 0 amide bonds. The van der Waals surface area contributed by atoms with Gasteiger partial charge in [-0.1, -0.05) is 0 Å². The lowest BCUT2D eigenvalue weighted by molar-refractivity contribution is 0.0597. The molecule has 2 aliphatic rings. The van der Waals surface area contributed by atoms with Crippen molar-refractivity contribution in [3.05, 3.63) is 35.0 Å². The van der Waals surface area contributed by atoms with E-state index >= 15 is 0 Å². The number of carbonyl (C=O) groups is 1. The first-order valence-electron chi connectivity index (χ1n) is 10.3. The fraction of sp³-hybridized carbons (Fsp3) is 0.455. The second-order valence-corrected chi connectivity index (χ2v) is 7.93. The smallest absolute Gasteiger partial charge is 0.341 e. The number of aromatic hydroxyl groups is 1. The second kappa shape index (κ2) is 8.78. The van der Waals surface area contributed by atoms with Crippen molar-refractivity contribution in [1.29, 1.82) is 5.26 Å². The molecular formula is C22H25N5O4. The molecule has 0 spiro atoms. The van der Waals surface area contributed by atoms with Crippen LogP contribution in [0.15, 0.2) is 18.3 Å². The number of anilines is 3. The summed E-state index contributed by atoms with van der Waals surface area (Å²) in [5, 5.41) is 26.3. The minimum atomic E-state index is -0.602. The molecule has 3 N–H and O–H groups in total. The molecule has 1 aromatic heterocycles. The molecule has 0 bridgehead atoms. The summed E-state index contributed by atoms with van der Waals surface area (Å²) in [6.45, 7) is 2.91. The molecule has 1 aliphatic heterocycles. The summed E-state index contributed by atoms with van der Waals surface area (Å²) >= 11 is 0. The minimum absolute atomic E-state index is 0.0353. The highest BCUT2D eigenvalue weighted by molar-refractivity contribution is 5.94. The van der Waals surface area contributed by atoms with Crippen molar-refractivity contribution >= 4 is 23.4 Å². The van der Waals surface area contributed by atoms with Gasteiger partial charge in [-0.2, -0.15) is 10.2 Å². The number of aromatic nitrogens is 2. The standard InChI is InChI=1S/C22H25N5O4/c1-12-10-24-22(27-20(12)26-18-11-31-6-5-14(18)9-23)25-15-7-16(13-3-4-13)19(28)17(8-15)21(29)30-2/h7-8,10,13-14,18,28H,3-6,11H2,1-2H3,(H2,24,25,26,27)/t14?,18-/m0/s1. The van der Waals surface area contributed by atoms with Crippen molar-refractivity contribution in [3.63, 3.8) is 0 Å². The zero-order chi connectivity index (χ0) is 22.0. The third-order valence-corrected chi connectivity index (χ3v) is 5.63. The number of ether oxygens (including phenoxy) is 2. The average molecular weight is 423 g/mol. The largest absolute Gasteiger partial charge is 0.507 e. The van der Waals surface area contributed by atoms with Gasteiger partial charge in [0.05, 0.1) is 31.7 Å². The first-order valence-corrected chi connectivity index (χ1v) is 10.3. The zero-order valence-electron chi connectivity index (χ0n) is 17.5. The number of esters is 1. The molecular weight excluding hydrogens is 398 g/mol. The van der Waals surface area contributed by atoms with Crippen LogP contribution in [0.4, 0.5) is 17.5 Å². The van der Waals surface area contributed by atoms with Crippen molar-refractivity contribution in [1.82, 2.24) is 9.97 Å². The Balaban J connectivity index is 1.60. The van der Waals surface area contributed by atoms with Crippen LogP contribution in [-0.2, 0) is 9.47 Å². The Labute approximate surface area is 180 Å². The van der Waals surface area contributed by atoms with E-state index < -0.39 is 5.97 Å². The molecule has 0 radical (unpaired) electrons. The Bertz CT molecular complexity index is 1030. The molecule has 1 aromatic carbocycles. The van der Waals surface area contributed by atoms with Crippen LogP contribution in [0.1, 0.15) is 46.7 Å². The topological polar surface area (TPSA) is 129 Å². The number of carbonyl (C=O) groups excluding carboxylic acids is 1. The Hall–Kier alpha value is -3.38. The molecule has 31 heavy (non-hydrogen) atoms. The molecule has 2 aromatic rings. The summed E-state index contributed by atoms with van der Waals surface area (Å²) in [5.74, 6) is 0.391. The van der Waals surface area contributed by atoms with Gasteiger partial charge in [0, 0.05) is 24.1 Å². The second-order valence-electron chi connectivity index (χ2n) is 7.93. The zero-order valence-corrected chi connectivity index (χ0v) is 17.5. The number of hydrogen-bond acceptors (Lipinski definition) is 9. The van der Waals surface area contributed by atoms with Gasteiger partial charge in [-0.25, -0.2) is 9.78 Å². The molecule has 9 nitrogen and oxygen atoms in total. The molecule has 4 rings (SSSR count).